The van der Waals surface area contributed by atoms with E-state index >= 15 is 0 Å². The number of thiazole rings is 1. The van der Waals surface area contributed by atoms with Crippen molar-refractivity contribution < 1.29 is 9.13 Å². The maximum Gasteiger partial charge on any atom is 0.165 e. The van der Waals surface area contributed by atoms with Gasteiger partial charge in [0.1, 0.15) is 0 Å². The fraction of sp³-hybridized carbons (Fsp3) is 0.133. The Morgan fingerprint density at radius 3 is 2.95 bits per heavy atom. The lowest BCUT2D eigenvalue weighted by molar-refractivity contribution is 0.386. The van der Waals surface area contributed by atoms with E-state index in [9.17, 15) is 4.39 Å². The maximum absolute atomic E-state index is 13.6. The molecule has 0 aliphatic heterocycles. The van der Waals surface area contributed by atoms with E-state index in [1.54, 1.807) is 17.4 Å². The summed E-state index contributed by atoms with van der Waals surface area (Å²) in [5, 5.41) is 3.28. The van der Waals surface area contributed by atoms with Crippen molar-refractivity contribution in [2.45, 2.75) is 6.54 Å². The zero-order chi connectivity index (χ0) is 13.9. The lowest BCUT2D eigenvalue weighted by Gasteiger charge is -2.08. The van der Waals surface area contributed by atoms with Gasteiger partial charge in [-0.1, -0.05) is 6.07 Å². The molecule has 0 atom stereocenters. The van der Waals surface area contributed by atoms with Crippen LogP contribution in [0.4, 0.5) is 10.1 Å². The fourth-order valence-corrected chi connectivity index (χ4v) is 2.71. The molecule has 3 aromatic rings. The molecule has 0 amide bonds. The SMILES string of the molecule is COc1ccc(CNc2ccc3ncsc3c2)cc1F. The minimum atomic E-state index is -0.343. The van der Waals surface area contributed by atoms with Gasteiger partial charge in [0, 0.05) is 12.2 Å². The molecule has 0 aliphatic rings. The molecule has 102 valence electrons. The summed E-state index contributed by atoms with van der Waals surface area (Å²) in [4.78, 5) is 4.24. The van der Waals surface area contributed by atoms with E-state index in [2.05, 4.69) is 10.3 Å². The standard InChI is InChI=1S/C15H13FN2OS/c1-19-14-5-2-10(6-12(14)16)8-17-11-3-4-13-15(7-11)20-9-18-13/h2-7,9,17H,8H2,1H3. The number of hydrogen-bond donors (Lipinski definition) is 1. The molecular formula is C15H13FN2OS. The summed E-state index contributed by atoms with van der Waals surface area (Å²) in [6, 6.07) is 11.0. The van der Waals surface area contributed by atoms with E-state index in [1.165, 1.54) is 13.2 Å². The zero-order valence-electron chi connectivity index (χ0n) is 10.9. The van der Waals surface area contributed by atoms with E-state index in [-0.39, 0.29) is 11.6 Å². The molecule has 0 spiro atoms. The van der Waals surface area contributed by atoms with Crippen molar-refractivity contribution in [3.8, 4) is 5.75 Å². The second-order valence-electron chi connectivity index (χ2n) is 4.36. The maximum atomic E-state index is 13.6. The first-order chi connectivity index (χ1) is 9.76. The van der Waals surface area contributed by atoms with Gasteiger partial charge in [-0.2, -0.15) is 0 Å². The third-order valence-electron chi connectivity index (χ3n) is 3.04. The molecule has 0 saturated heterocycles. The number of ether oxygens (including phenoxy) is 1. The molecule has 0 unspecified atom stereocenters. The van der Waals surface area contributed by atoms with Gasteiger partial charge in [0.15, 0.2) is 11.6 Å². The van der Waals surface area contributed by atoms with Crippen molar-refractivity contribution in [1.82, 2.24) is 4.98 Å². The quantitative estimate of drug-likeness (QED) is 0.786. The van der Waals surface area contributed by atoms with Gasteiger partial charge in [-0.05, 0) is 35.9 Å². The Labute approximate surface area is 120 Å². The summed E-state index contributed by atoms with van der Waals surface area (Å²) in [5.74, 6) is -0.0791. The van der Waals surface area contributed by atoms with Crippen LogP contribution in [-0.2, 0) is 6.54 Å². The Bertz CT molecular complexity index is 742. The van der Waals surface area contributed by atoms with Gasteiger partial charge in [-0.3, -0.25) is 0 Å². The molecule has 0 bridgehead atoms. The van der Waals surface area contributed by atoms with Gasteiger partial charge in [-0.15, -0.1) is 11.3 Å². The predicted molar refractivity (Wildman–Crippen MR) is 79.9 cm³/mol. The van der Waals surface area contributed by atoms with E-state index in [1.807, 2.05) is 29.8 Å². The third kappa shape index (κ3) is 2.58. The molecule has 0 fully saturated rings. The highest BCUT2D eigenvalue weighted by atomic mass is 32.1. The molecule has 0 saturated carbocycles. The Morgan fingerprint density at radius 2 is 2.15 bits per heavy atom. The summed E-state index contributed by atoms with van der Waals surface area (Å²) in [6.45, 7) is 0.561. The molecule has 1 aromatic heterocycles. The fourth-order valence-electron chi connectivity index (χ4n) is 1.99. The monoisotopic (exact) mass is 288 g/mol. The van der Waals surface area contributed by atoms with Gasteiger partial charge >= 0.3 is 0 Å². The lowest BCUT2D eigenvalue weighted by atomic mass is 10.2. The summed E-state index contributed by atoms with van der Waals surface area (Å²) < 4.78 is 19.6. The minimum absolute atomic E-state index is 0.264. The Kier molecular flexibility index (Phi) is 3.52. The summed E-state index contributed by atoms with van der Waals surface area (Å²) in [7, 11) is 1.46. The molecular weight excluding hydrogens is 275 g/mol. The van der Waals surface area contributed by atoms with Crippen molar-refractivity contribution in [2.24, 2.45) is 0 Å². The number of anilines is 1. The van der Waals surface area contributed by atoms with Crippen molar-refractivity contribution in [1.29, 1.82) is 0 Å². The van der Waals surface area contributed by atoms with Crippen LogP contribution in [0.5, 0.6) is 5.75 Å². The second kappa shape index (κ2) is 5.46. The normalized spacial score (nSPS) is 10.7. The van der Waals surface area contributed by atoms with Crippen molar-refractivity contribution in [3.05, 3.63) is 53.3 Å². The molecule has 1 N–H and O–H groups in total. The number of rotatable bonds is 4. The van der Waals surface area contributed by atoms with Crippen molar-refractivity contribution >= 4 is 27.2 Å². The highest BCUT2D eigenvalue weighted by molar-refractivity contribution is 7.16. The van der Waals surface area contributed by atoms with Gasteiger partial charge in [-0.25, -0.2) is 9.37 Å². The Morgan fingerprint density at radius 1 is 1.25 bits per heavy atom. The van der Waals surface area contributed by atoms with E-state index in [4.69, 9.17) is 4.74 Å². The van der Waals surface area contributed by atoms with Crippen molar-refractivity contribution in [2.75, 3.05) is 12.4 Å². The summed E-state index contributed by atoms with van der Waals surface area (Å²) in [5.41, 5.74) is 4.69. The van der Waals surface area contributed by atoms with Crippen LogP contribution in [0.25, 0.3) is 10.2 Å². The molecule has 3 rings (SSSR count). The van der Waals surface area contributed by atoms with Crippen LogP contribution in [0, 0.1) is 5.82 Å². The summed E-state index contributed by atoms with van der Waals surface area (Å²) >= 11 is 1.60. The molecule has 2 aromatic carbocycles. The number of halogens is 1. The molecule has 5 heteroatoms. The Balaban J connectivity index is 1.73. The van der Waals surface area contributed by atoms with Crippen LogP contribution in [0.3, 0.4) is 0 Å². The smallest absolute Gasteiger partial charge is 0.165 e. The third-order valence-corrected chi connectivity index (χ3v) is 3.84. The minimum Gasteiger partial charge on any atom is -0.494 e. The molecule has 3 nitrogen and oxygen atoms in total. The average Bonchev–Trinajstić information content (AvgIpc) is 2.92. The topological polar surface area (TPSA) is 34.1 Å². The van der Waals surface area contributed by atoms with Crippen LogP contribution >= 0.6 is 11.3 Å². The first-order valence-electron chi connectivity index (χ1n) is 6.16. The van der Waals surface area contributed by atoms with Crippen LogP contribution in [-0.4, -0.2) is 12.1 Å². The second-order valence-corrected chi connectivity index (χ2v) is 5.24. The number of methoxy groups -OCH3 is 1. The molecule has 1 heterocycles. The highest BCUT2D eigenvalue weighted by Crippen LogP contribution is 2.23. The van der Waals surface area contributed by atoms with Crippen LogP contribution in [0.2, 0.25) is 0 Å². The van der Waals surface area contributed by atoms with Crippen LogP contribution in [0.1, 0.15) is 5.56 Å². The number of nitrogens with one attached hydrogen (secondary N) is 1. The molecule has 0 aliphatic carbocycles. The van der Waals surface area contributed by atoms with Crippen LogP contribution in [0.15, 0.2) is 41.9 Å². The average molecular weight is 288 g/mol. The van der Waals surface area contributed by atoms with Gasteiger partial charge in [0.05, 0.1) is 22.8 Å². The zero-order valence-corrected chi connectivity index (χ0v) is 11.7. The lowest BCUT2D eigenvalue weighted by Crippen LogP contribution is -2.00. The first kappa shape index (κ1) is 12.9. The van der Waals surface area contributed by atoms with E-state index < -0.39 is 0 Å². The Hall–Kier alpha value is -2.14. The largest absolute Gasteiger partial charge is 0.494 e. The van der Waals surface area contributed by atoms with E-state index in [0.29, 0.717) is 6.54 Å². The number of hydrogen-bond acceptors (Lipinski definition) is 4. The van der Waals surface area contributed by atoms with Gasteiger partial charge in [0.25, 0.3) is 0 Å². The van der Waals surface area contributed by atoms with Crippen LogP contribution < -0.4 is 10.1 Å². The summed E-state index contributed by atoms with van der Waals surface area (Å²) in [6.07, 6.45) is 0. The van der Waals surface area contributed by atoms with Crippen molar-refractivity contribution in [3.63, 3.8) is 0 Å². The number of aromatic nitrogens is 1. The molecule has 0 radical (unpaired) electrons. The number of benzene rings is 2. The van der Waals surface area contributed by atoms with E-state index in [0.717, 1.165) is 21.5 Å². The first-order valence-corrected chi connectivity index (χ1v) is 7.04. The van der Waals surface area contributed by atoms with Gasteiger partial charge in [0.2, 0.25) is 0 Å². The van der Waals surface area contributed by atoms with Gasteiger partial charge < -0.3 is 10.1 Å². The number of nitrogens with zero attached hydrogens (tertiary/aromatic N) is 1. The predicted octanol–water partition coefficient (Wildman–Crippen LogP) is 4.06. The molecule has 20 heavy (non-hydrogen) atoms. The highest BCUT2D eigenvalue weighted by Gasteiger charge is 2.04. The number of fused-ring (bicyclic) bond motifs is 1.